The summed E-state index contributed by atoms with van der Waals surface area (Å²) in [7, 11) is 3.14. The number of hydrogen-bond acceptors (Lipinski definition) is 13. The molecule has 0 saturated carbocycles. The topological polar surface area (TPSA) is 233 Å². The van der Waals surface area contributed by atoms with Gasteiger partial charge in [0.25, 0.3) is 11.1 Å². The normalized spacial score (nSPS) is 13.9. The van der Waals surface area contributed by atoms with Crippen LogP contribution in [0.25, 0.3) is 38.6 Å². The Morgan fingerprint density at radius 2 is 1.21 bits per heavy atom. The lowest BCUT2D eigenvalue weighted by Crippen LogP contribution is -2.44. The number of anilines is 2. The molecule has 8 aromatic rings. The molecule has 0 aliphatic carbocycles. The number of rotatable bonds is 8. The molecule has 21 nitrogen and oxygen atoms in total. The molecule has 2 saturated heterocycles. The van der Waals surface area contributed by atoms with E-state index < -0.39 is 22.5 Å². The number of aryl methyl sites for hydroxylation is 3. The smallest absolute Gasteiger partial charge is 0.331 e. The fraction of sp³-hybridized carbons (Fsp3) is 0.365. The van der Waals surface area contributed by atoms with Crippen LogP contribution >= 0.6 is 0 Å². The van der Waals surface area contributed by atoms with Crippen molar-refractivity contribution in [3.8, 4) is 35.8 Å². The van der Waals surface area contributed by atoms with Gasteiger partial charge in [-0.05, 0) is 76.0 Å². The average molecular weight is 983 g/mol. The highest BCUT2D eigenvalue weighted by Crippen LogP contribution is 2.32. The van der Waals surface area contributed by atoms with E-state index in [1.54, 1.807) is 49.1 Å². The first-order valence-corrected chi connectivity index (χ1v) is 24.1. The summed E-state index contributed by atoms with van der Waals surface area (Å²) >= 11 is 0. The zero-order chi connectivity index (χ0) is 51.5. The van der Waals surface area contributed by atoms with Crippen LogP contribution in [-0.2, 0) is 40.3 Å². The quantitative estimate of drug-likeness (QED) is 0.125. The number of para-hydroxylation sites is 1. The number of nitrogens with one attached hydrogen (secondary N) is 2. The Bertz CT molecular complexity index is 3910. The van der Waals surface area contributed by atoms with E-state index in [1.165, 1.54) is 20.7 Å². The van der Waals surface area contributed by atoms with Gasteiger partial charge in [0.2, 0.25) is 0 Å². The number of nitrogens with zero attached hydrogens (tertiary/aromatic N) is 14. The highest BCUT2D eigenvalue weighted by molar-refractivity contribution is 5.91. The Hall–Kier alpha value is -8.89. The zero-order valence-electron chi connectivity index (χ0n) is 41.4. The molecule has 1 aromatic carbocycles. The molecule has 0 atom stereocenters. The van der Waals surface area contributed by atoms with Crippen LogP contribution in [0.5, 0.6) is 0 Å². The molecule has 0 unspecified atom stereocenters. The lowest BCUT2D eigenvalue weighted by molar-refractivity contribution is -0.623. The van der Waals surface area contributed by atoms with E-state index in [0.717, 1.165) is 55.8 Å². The van der Waals surface area contributed by atoms with Gasteiger partial charge in [0.1, 0.15) is 63.8 Å². The fourth-order valence-corrected chi connectivity index (χ4v) is 9.97. The molecular formula is C52H54N16O5. The third-order valence-electron chi connectivity index (χ3n) is 13.5. The van der Waals surface area contributed by atoms with Crippen molar-refractivity contribution in [3.63, 3.8) is 0 Å². The van der Waals surface area contributed by atoms with Crippen molar-refractivity contribution in [1.82, 2.24) is 52.4 Å². The standard InChI is InChI=1S/C27H28N8O3.C25H26N8O2/c1-4-5-14-33-24-23(20(16-28)25(33)32-13-8-11-29-12-15-32)31(3)27(37)34(26(24)36)17-22-30-21-10-7-6-9-19(21)18(2)35(22)38;1-3-4-13-32-22-21(19(15-26)23(32)30-12-7-9-27-10-14-30)29(2)25(35)33(24(22)34)17-18-16-31-11-6-5-8-20(31)28-18/h6-7,9-10,29H,8,11-15,17H2,1-3H3;5-6,8,11,16,27H,7,9-10,12-14,17H2,1-2H3. The summed E-state index contributed by atoms with van der Waals surface area (Å²) in [5.74, 6) is 13.1. The molecular weight excluding hydrogens is 929 g/mol. The minimum Gasteiger partial charge on any atom is -0.710 e. The van der Waals surface area contributed by atoms with Crippen molar-refractivity contribution in [2.75, 3.05) is 62.2 Å². The summed E-state index contributed by atoms with van der Waals surface area (Å²) in [6.45, 7) is 11.3. The summed E-state index contributed by atoms with van der Waals surface area (Å²) in [6, 6.07) is 17.4. The number of benzene rings is 1. The number of pyridine rings is 1. The molecule has 21 heteroatoms. The van der Waals surface area contributed by atoms with Crippen LogP contribution in [0.15, 0.2) is 74.0 Å². The summed E-state index contributed by atoms with van der Waals surface area (Å²) < 4.78 is 11.0. The first-order valence-electron chi connectivity index (χ1n) is 24.1. The fourth-order valence-electron chi connectivity index (χ4n) is 9.97. The Kier molecular flexibility index (Phi) is 14.0. The minimum atomic E-state index is -0.630. The summed E-state index contributed by atoms with van der Waals surface area (Å²) in [6.07, 6.45) is 5.45. The maximum atomic E-state index is 14.0. The predicted octanol–water partition coefficient (Wildman–Crippen LogP) is 1.63. The molecule has 73 heavy (non-hydrogen) atoms. The van der Waals surface area contributed by atoms with E-state index in [0.29, 0.717) is 74.9 Å². The van der Waals surface area contributed by atoms with E-state index in [9.17, 15) is 34.9 Å². The number of fused-ring (bicyclic) bond motifs is 4. The molecule has 2 aliphatic heterocycles. The third kappa shape index (κ3) is 8.86. The lowest BCUT2D eigenvalue weighted by Gasteiger charge is -2.24. The molecule has 372 valence electrons. The Labute approximate surface area is 418 Å². The second-order valence-electron chi connectivity index (χ2n) is 17.8. The molecule has 0 radical (unpaired) electrons. The highest BCUT2D eigenvalue weighted by atomic mass is 16.5. The van der Waals surface area contributed by atoms with Gasteiger partial charge >= 0.3 is 17.2 Å². The van der Waals surface area contributed by atoms with E-state index in [4.69, 9.17) is 0 Å². The molecule has 2 aliphatic rings. The summed E-state index contributed by atoms with van der Waals surface area (Å²) in [5.41, 5.74) is 1.92. The second kappa shape index (κ2) is 20.8. The maximum Gasteiger partial charge on any atom is 0.331 e. The van der Waals surface area contributed by atoms with Gasteiger partial charge in [-0.15, -0.1) is 11.8 Å². The molecule has 2 fully saturated rings. The predicted molar refractivity (Wildman–Crippen MR) is 277 cm³/mol. The SMILES string of the molecule is CC#CCn1c(N2CCCNCC2)c(C#N)c2c1c(=O)n(Cc1cn3ccccc3n1)c(=O)n2C.CC#CCn1c(N2CCCNCC2)c(C#N)c2c1c(=O)n(Cc1nc3ccccc3c(C)[n+]1[O-])c(=O)n2C. The third-order valence-corrected chi connectivity index (χ3v) is 13.5. The number of nitriles is 2. The average Bonchev–Trinajstić information content (AvgIpc) is 3.87. The first-order chi connectivity index (χ1) is 35.4. The van der Waals surface area contributed by atoms with Gasteiger partial charge in [-0.25, -0.2) is 23.9 Å². The van der Waals surface area contributed by atoms with Crippen molar-refractivity contribution in [3.05, 3.63) is 130 Å². The van der Waals surface area contributed by atoms with E-state index >= 15 is 0 Å². The van der Waals surface area contributed by atoms with Gasteiger partial charge in [-0.3, -0.25) is 23.3 Å². The van der Waals surface area contributed by atoms with Crippen molar-refractivity contribution in [1.29, 1.82) is 10.5 Å². The van der Waals surface area contributed by atoms with E-state index in [2.05, 4.69) is 66.2 Å². The highest BCUT2D eigenvalue weighted by Gasteiger charge is 2.31. The van der Waals surface area contributed by atoms with Crippen molar-refractivity contribution >= 4 is 50.3 Å². The number of imidazole rings is 1. The monoisotopic (exact) mass is 982 g/mol. The van der Waals surface area contributed by atoms with Gasteiger partial charge in [-0.2, -0.15) is 10.5 Å². The molecule has 10 rings (SSSR count). The molecule has 9 heterocycles. The van der Waals surface area contributed by atoms with Gasteiger partial charge in [0, 0.05) is 65.8 Å². The van der Waals surface area contributed by atoms with Crippen molar-refractivity contribution in [2.24, 2.45) is 14.1 Å². The van der Waals surface area contributed by atoms with Gasteiger partial charge < -0.3 is 39.2 Å². The lowest BCUT2D eigenvalue weighted by atomic mass is 10.2. The van der Waals surface area contributed by atoms with Crippen LogP contribution in [0.4, 0.5) is 11.6 Å². The van der Waals surface area contributed by atoms with Crippen LogP contribution in [0.2, 0.25) is 0 Å². The Morgan fingerprint density at radius 1 is 0.671 bits per heavy atom. The first kappa shape index (κ1) is 49.1. The Balaban J connectivity index is 0.000000180. The Morgan fingerprint density at radius 3 is 1.74 bits per heavy atom. The van der Waals surface area contributed by atoms with E-state index in [-0.39, 0.29) is 48.6 Å². The van der Waals surface area contributed by atoms with Crippen LogP contribution in [0, 0.1) is 58.5 Å². The van der Waals surface area contributed by atoms with Crippen molar-refractivity contribution in [2.45, 2.75) is 59.8 Å². The molecule has 2 N–H and O–H groups in total. The minimum absolute atomic E-state index is 0.0264. The number of hydrogen-bond donors (Lipinski definition) is 2. The molecule has 7 aromatic heterocycles. The van der Waals surface area contributed by atoms with Crippen LogP contribution in [-0.4, -0.2) is 94.1 Å². The summed E-state index contributed by atoms with van der Waals surface area (Å²) in [5, 5.41) is 40.9. The molecule has 0 spiro atoms. The largest absolute Gasteiger partial charge is 0.710 e. The molecule has 0 bridgehead atoms. The van der Waals surface area contributed by atoms with Crippen LogP contribution in [0.3, 0.4) is 0 Å². The summed E-state index contributed by atoms with van der Waals surface area (Å²) in [4.78, 5) is 67.9. The van der Waals surface area contributed by atoms with E-state index in [1.807, 2.05) is 47.1 Å². The van der Waals surface area contributed by atoms with Crippen LogP contribution in [0.1, 0.15) is 55.0 Å². The van der Waals surface area contributed by atoms with Gasteiger partial charge in [-0.1, -0.05) is 30.0 Å². The second-order valence-corrected chi connectivity index (χ2v) is 17.8. The molecule has 0 amide bonds. The zero-order valence-corrected chi connectivity index (χ0v) is 41.4. The number of aromatic nitrogens is 10. The van der Waals surface area contributed by atoms with Crippen LogP contribution < -0.4 is 47.7 Å². The van der Waals surface area contributed by atoms with Gasteiger partial charge in [0.15, 0.2) is 5.52 Å². The maximum absolute atomic E-state index is 14.0. The van der Waals surface area contributed by atoms with Crippen molar-refractivity contribution < 1.29 is 4.73 Å². The van der Waals surface area contributed by atoms with Gasteiger partial charge in [0.05, 0.1) is 41.7 Å².